The van der Waals surface area contributed by atoms with E-state index in [1.165, 1.54) is 18.2 Å². The van der Waals surface area contributed by atoms with E-state index in [4.69, 9.17) is 15.5 Å². The number of ether oxygens (including phenoxy) is 1. The van der Waals surface area contributed by atoms with E-state index in [1.54, 1.807) is 23.9 Å². The predicted molar refractivity (Wildman–Crippen MR) is 158 cm³/mol. The van der Waals surface area contributed by atoms with Crippen molar-refractivity contribution >= 4 is 28.3 Å². The molecule has 0 radical (unpaired) electrons. The minimum atomic E-state index is -0.486. The van der Waals surface area contributed by atoms with E-state index < -0.39 is 5.82 Å². The number of nitrogen functional groups attached to an aromatic ring is 1. The summed E-state index contributed by atoms with van der Waals surface area (Å²) in [6, 6.07) is 16.8. The quantitative estimate of drug-likeness (QED) is 0.214. The number of H-pyrrole nitrogens is 1. The van der Waals surface area contributed by atoms with Crippen molar-refractivity contribution in [1.29, 1.82) is 0 Å². The predicted octanol–water partition coefficient (Wildman–Crippen LogP) is 5.24. The summed E-state index contributed by atoms with van der Waals surface area (Å²) in [5.41, 5.74) is 10.9. The van der Waals surface area contributed by atoms with Crippen LogP contribution in [0.2, 0.25) is 0 Å². The fourth-order valence-electron chi connectivity index (χ4n) is 4.77. The van der Waals surface area contributed by atoms with Crippen LogP contribution < -0.4 is 21.3 Å². The minimum absolute atomic E-state index is 0.221. The second-order valence-corrected chi connectivity index (χ2v) is 9.75. The lowest BCUT2D eigenvalue weighted by Gasteiger charge is -2.13. The number of nitrogens with two attached hydrogens (primary N) is 1. The van der Waals surface area contributed by atoms with E-state index in [0.717, 1.165) is 29.7 Å². The summed E-state index contributed by atoms with van der Waals surface area (Å²) in [6.45, 7) is 4.42. The van der Waals surface area contributed by atoms with Crippen LogP contribution in [0, 0.1) is 5.82 Å². The number of carbonyl (C=O) groups is 1. The van der Waals surface area contributed by atoms with Gasteiger partial charge in [-0.3, -0.25) is 14.3 Å². The number of benzene rings is 3. The zero-order valence-electron chi connectivity index (χ0n) is 23.1. The molecule has 2 heterocycles. The summed E-state index contributed by atoms with van der Waals surface area (Å²) in [7, 11) is 1.75. The van der Waals surface area contributed by atoms with Crippen LogP contribution in [0.4, 0.5) is 15.8 Å². The lowest BCUT2D eigenvalue weighted by atomic mass is 10.0. The summed E-state index contributed by atoms with van der Waals surface area (Å²) in [4.78, 5) is 33.5. The maximum atomic E-state index is 13.6. The van der Waals surface area contributed by atoms with Gasteiger partial charge in [0.05, 0.1) is 29.2 Å². The van der Waals surface area contributed by atoms with E-state index in [0.29, 0.717) is 46.8 Å². The van der Waals surface area contributed by atoms with E-state index in [-0.39, 0.29) is 22.8 Å². The minimum Gasteiger partial charge on any atom is -0.493 e. The summed E-state index contributed by atoms with van der Waals surface area (Å²) in [6.07, 6.45) is 2.17. The number of aromatic amines is 1. The molecule has 41 heavy (non-hydrogen) atoms. The number of rotatable bonds is 9. The Morgan fingerprint density at radius 3 is 2.56 bits per heavy atom. The molecule has 1 amide bonds. The maximum absolute atomic E-state index is 13.6. The molecule has 0 atom stereocenters. The van der Waals surface area contributed by atoms with Crippen LogP contribution in [-0.4, -0.2) is 32.3 Å². The van der Waals surface area contributed by atoms with Crippen LogP contribution in [0.25, 0.3) is 22.4 Å². The Labute approximate surface area is 236 Å². The molecule has 0 saturated heterocycles. The Morgan fingerprint density at radius 1 is 1.07 bits per heavy atom. The molecule has 10 heteroatoms. The van der Waals surface area contributed by atoms with Crippen LogP contribution in [-0.2, 0) is 19.9 Å². The zero-order valence-corrected chi connectivity index (χ0v) is 23.1. The molecule has 0 spiro atoms. The summed E-state index contributed by atoms with van der Waals surface area (Å²) in [5, 5.41) is 7.16. The highest BCUT2D eigenvalue weighted by molar-refractivity contribution is 6.05. The molecule has 0 bridgehead atoms. The number of amides is 1. The first-order chi connectivity index (χ1) is 19.8. The van der Waals surface area contributed by atoms with Crippen LogP contribution in [0.15, 0.2) is 65.5 Å². The van der Waals surface area contributed by atoms with Crippen molar-refractivity contribution in [3.05, 3.63) is 99.2 Å². The Morgan fingerprint density at radius 2 is 1.83 bits per heavy atom. The van der Waals surface area contributed by atoms with Gasteiger partial charge in [0.2, 0.25) is 0 Å². The van der Waals surface area contributed by atoms with Gasteiger partial charge in [0.1, 0.15) is 22.9 Å². The number of anilines is 2. The maximum Gasteiger partial charge on any atom is 0.277 e. The fraction of sp³-hybridized carbons (Fsp3) is 0.226. The van der Waals surface area contributed by atoms with Crippen molar-refractivity contribution in [1.82, 2.24) is 19.7 Å². The van der Waals surface area contributed by atoms with Crippen LogP contribution in [0.3, 0.4) is 0 Å². The lowest BCUT2D eigenvalue weighted by molar-refractivity contribution is 0.102. The molecule has 5 aromatic rings. The van der Waals surface area contributed by atoms with Crippen molar-refractivity contribution in [2.45, 2.75) is 33.1 Å². The Kier molecular flexibility index (Phi) is 7.82. The average molecular weight is 555 g/mol. The molecule has 3 aromatic carbocycles. The van der Waals surface area contributed by atoms with Crippen LogP contribution >= 0.6 is 0 Å². The topological polar surface area (TPSA) is 128 Å². The van der Waals surface area contributed by atoms with Crippen molar-refractivity contribution in [2.24, 2.45) is 7.05 Å². The number of carbonyl (C=O) groups excluding carboxylic acids is 1. The molecule has 9 nitrogen and oxygen atoms in total. The third-order valence-electron chi connectivity index (χ3n) is 6.74. The molecular weight excluding hydrogens is 523 g/mol. The van der Waals surface area contributed by atoms with E-state index in [9.17, 15) is 14.0 Å². The van der Waals surface area contributed by atoms with Crippen LogP contribution in [0.5, 0.6) is 5.75 Å². The number of fused-ring (bicyclic) bond motifs is 1. The first kappa shape index (κ1) is 27.6. The summed E-state index contributed by atoms with van der Waals surface area (Å²) in [5.74, 6) is 0.159. The van der Waals surface area contributed by atoms with Gasteiger partial charge >= 0.3 is 0 Å². The monoisotopic (exact) mass is 554 g/mol. The Bertz CT molecular complexity index is 1790. The van der Waals surface area contributed by atoms with Gasteiger partial charge in [0, 0.05) is 12.6 Å². The first-order valence-electron chi connectivity index (χ1n) is 13.4. The molecule has 5 rings (SSSR count). The van der Waals surface area contributed by atoms with Gasteiger partial charge in [-0.15, -0.1) is 0 Å². The third kappa shape index (κ3) is 5.81. The Balaban J connectivity index is 1.42. The molecule has 0 unspecified atom stereocenters. The summed E-state index contributed by atoms with van der Waals surface area (Å²) < 4.78 is 21.0. The molecule has 210 valence electrons. The standard InChI is InChI=1S/C31H31FN6O3/c1-4-6-24-27-28(38(3)37-24)31(40)36-29(35-27)22-16-19(9-14-26(22)41-5-2)15-18-7-10-20(11-8-18)30(39)34-25-17-21(32)12-13-23(25)33/h7-14,16-17H,4-6,15,33H2,1-3H3,(H,34,39)(H,35,36,40). The van der Waals surface area contributed by atoms with Gasteiger partial charge in [0.25, 0.3) is 11.5 Å². The van der Waals surface area contributed by atoms with Gasteiger partial charge in [-0.2, -0.15) is 5.10 Å². The van der Waals surface area contributed by atoms with E-state index in [2.05, 4.69) is 22.3 Å². The molecule has 0 saturated carbocycles. The number of aromatic nitrogens is 4. The summed E-state index contributed by atoms with van der Waals surface area (Å²) >= 11 is 0. The van der Waals surface area contributed by atoms with Crippen molar-refractivity contribution in [2.75, 3.05) is 17.7 Å². The molecule has 4 N–H and O–H groups in total. The number of nitrogens with zero attached hydrogens (tertiary/aromatic N) is 3. The van der Waals surface area contributed by atoms with Gasteiger partial charge in [-0.1, -0.05) is 31.5 Å². The number of halogens is 1. The van der Waals surface area contributed by atoms with Crippen molar-refractivity contribution < 1.29 is 13.9 Å². The van der Waals surface area contributed by atoms with Crippen LogP contribution in [0.1, 0.15) is 47.4 Å². The van der Waals surface area contributed by atoms with Gasteiger partial charge in [-0.05, 0) is 73.4 Å². The third-order valence-corrected chi connectivity index (χ3v) is 6.74. The first-order valence-corrected chi connectivity index (χ1v) is 13.4. The number of aryl methyl sites for hydroxylation is 2. The van der Waals surface area contributed by atoms with Crippen molar-refractivity contribution in [3.8, 4) is 17.1 Å². The Hall–Kier alpha value is -4.99. The molecule has 0 aliphatic heterocycles. The highest BCUT2D eigenvalue weighted by Gasteiger charge is 2.18. The molecule has 0 fully saturated rings. The molecule has 2 aromatic heterocycles. The van der Waals surface area contributed by atoms with Crippen molar-refractivity contribution in [3.63, 3.8) is 0 Å². The van der Waals surface area contributed by atoms with E-state index >= 15 is 0 Å². The highest BCUT2D eigenvalue weighted by Crippen LogP contribution is 2.31. The molecule has 0 aliphatic rings. The SMILES string of the molecule is CCCc1nn(C)c2c(=O)[nH]c(-c3cc(Cc4ccc(C(=O)Nc5cc(F)ccc5N)cc4)ccc3OCC)nc12. The second kappa shape index (κ2) is 11.6. The molecular formula is C31H31FN6O3. The highest BCUT2D eigenvalue weighted by atomic mass is 19.1. The van der Waals surface area contributed by atoms with E-state index in [1.807, 2.05) is 37.3 Å². The smallest absolute Gasteiger partial charge is 0.277 e. The van der Waals surface area contributed by atoms with Gasteiger partial charge in [0.15, 0.2) is 5.52 Å². The molecule has 0 aliphatic carbocycles. The van der Waals surface area contributed by atoms with Gasteiger partial charge in [-0.25, -0.2) is 9.37 Å². The fourth-order valence-corrected chi connectivity index (χ4v) is 4.77. The number of hydrogen-bond donors (Lipinski definition) is 3. The second-order valence-electron chi connectivity index (χ2n) is 9.75. The number of nitrogens with one attached hydrogen (secondary N) is 2. The van der Waals surface area contributed by atoms with Gasteiger partial charge < -0.3 is 20.8 Å². The zero-order chi connectivity index (χ0) is 29.1. The average Bonchev–Trinajstić information content (AvgIpc) is 3.27. The normalized spacial score (nSPS) is 11.1. The lowest BCUT2D eigenvalue weighted by Crippen LogP contribution is -2.13. The number of hydrogen-bond acceptors (Lipinski definition) is 6. The largest absolute Gasteiger partial charge is 0.493 e.